The fourth-order valence-corrected chi connectivity index (χ4v) is 1.65. The Morgan fingerprint density at radius 1 is 1.58 bits per heavy atom. The van der Waals surface area contributed by atoms with E-state index in [-0.39, 0.29) is 12.3 Å². The summed E-state index contributed by atoms with van der Waals surface area (Å²) < 4.78 is 5.10. The van der Waals surface area contributed by atoms with Gasteiger partial charge in [-0.3, -0.25) is 4.79 Å². The first-order chi connectivity index (χ1) is 8.93. The van der Waals surface area contributed by atoms with Crippen LogP contribution in [0.5, 0.6) is 0 Å². The third kappa shape index (κ3) is 2.49. The molecule has 1 atom stereocenters. The van der Waals surface area contributed by atoms with Crippen LogP contribution in [0.1, 0.15) is 26.7 Å². The van der Waals surface area contributed by atoms with E-state index in [2.05, 4.69) is 20.1 Å². The highest BCUT2D eigenvalue weighted by Crippen LogP contribution is 2.31. The fraction of sp³-hybridized carbons (Fsp3) is 0.500. The molecule has 0 bridgehead atoms. The van der Waals surface area contributed by atoms with Crippen LogP contribution in [-0.4, -0.2) is 31.2 Å². The molecule has 7 nitrogen and oxygen atoms in total. The van der Waals surface area contributed by atoms with Crippen molar-refractivity contribution in [3.05, 3.63) is 18.3 Å². The zero-order valence-corrected chi connectivity index (χ0v) is 11.0. The maximum absolute atomic E-state index is 11.4. The third-order valence-electron chi connectivity index (χ3n) is 3.46. The van der Waals surface area contributed by atoms with E-state index < -0.39 is 11.4 Å². The van der Waals surface area contributed by atoms with Crippen LogP contribution in [0.3, 0.4) is 0 Å². The number of aromatic amines is 1. The smallest absolute Gasteiger partial charge is 0.310 e. The van der Waals surface area contributed by atoms with Gasteiger partial charge >= 0.3 is 5.97 Å². The Bertz CT molecular complexity index is 561. The highest BCUT2D eigenvalue weighted by molar-refractivity contribution is 5.74. The lowest BCUT2D eigenvalue weighted by Crippen LogP contribution is -2.35. The number of hydrogen-bond donors (Lipinski definition) is 2. The zero-order chi connectivity index (χ0) is 14.0. The number of imidazole rings is 1. The number of carbonyl (C=O) groups is 1. The molecule has 0 spiro atoms. The first kappa shape index (κ1) is 13.3. The van der Waals surface area contributed by atoms with Crippen molar-refractivity contribution in [3.63, 3.8) is 0 Å². The molecule has 0 aliphatic rings. The highest BCUT2D eigenvalue weighted by Gasteiger charge is 2.38. The number of nitrogens with one attached hydrogen (secondary N) is 1. The minimum Gasteiger partial charge on any atom is -0.481 e. The number of aromatic nitrogens is 4. The quantitative estimate of drug-likeness (QED) is 0.852. The summed E-state index contributed by atoms with van der Waals surface area (Å²) in [6.07, 6.45) is 3.43. The molecule has 1 unspecified atom stereocenters. The molecular weight excluding hydrogens is 248 g/mol. The summed E-state index contributed by atoms with van der Waals surface area (Å²) >= 11 is 0. The van der Waals surface area contributed by atoms with Crippen molar-refractivity contribution in [2.45, 2.75) is 27.2 Å². The Kier molecular flexibility index (Phi) is 3.37. The first-order valence-corrected chi connectivity index (χ1v) is 5.99. The average Bonchev–Trinajstić information content (AvgIpc) is 2.97. The van der Waals surface area contributed by atoms with Gasteiger partial charge in [0, 0.05) is 18.8 Å². The Labute approximate surface area is 110 Å². The summed E-state index contributed by atoms with van der Waals surface area (Å²) in [5, 5.41) is 13.1. The molecule has 2 aromatic rings. The lowest BCUT2D eigenvalue weighted by atomic mass is 9.76. The van der Waals surface area contributed by atoms with Gasteiger partial charge in [0.2, 0.25) is 11.7 Å². The number of nitrogens with zero attached hydrogens (tertiary/aromatic N) is 3. The van der Waals surface area contributed by atoms with Gasteiger partial charge in [-0.15, -0.1) is 0 Å². The second-order valence-corrected chi connectivity index (χ2v) is 5.00. The molecule has 0 saturated heterocycles. The number of carboxylic acid groups (broad SMARTS) is 1. The molecule has 0 aliphatic carbocycles. The molecule has 2 heterocycles. The second-order valence-electron chi connectivity index (χ2n) is 5.00. The molecule has 102 valence electrons. The predicted octanol–water partition coefficient (Wildman–Crippen LogP) is 1.75. The maximum Gasteiger partial charge on any atom is 0.310 e. The summed E-state index contributed by atoms with van der Waals surface area (Å²) in [6, 6.07) is 0. The van der Waals surface area contributed by atoms with Gasteiger partial charge in [0.1, 0.15) is 0 Å². The van der Waals surface area contributed by atoms with Gasteiger partial charge in [-0.1, -0.05) is 19.0 Å². The van der Waals surface area contributed by atoms with Gasteiger partial charge in [-0.05, 0) is 12.8 Å². The van der Waals surface area contributed by atoms with E-state index in [1.807, 2.05) is 13.8 Å². The number of hydrogen-bond acceptors (Lipinski definition) is 5. The molecule has 0 aliphatic heterocycles. The number of rotatable bonds is 5. The van der Waals surface area contributed by atoms with Crippen LogP contribution >= 0.6 is 0 Å². The van der Waals surface area contributed by atoms with Crippen LogP contribution in [0.25, 0.3) is 11.6 Å². The Balaban J connectivity index is 2.22. The van der Waals surface area contributed by atoms with Crippen molar-refractivity contribution >= 4 is 5.97 Å². The van der Waals surface area contributed by atoms with E-state index in [1.54, 1.807) is 19.3 Å². The van der Waals surface area contributed by atoms with Crippen molar-refractivity contribution in [3.8, 4) is 11.6 Å². The number of carboxylic acids is 1. The minimum absolute atomic E-state index is 0.0519. The Hall–Kier alpha value is -2.18. The van der Waals surface area contributed by atoms with E-state index in [9.17, 15) is 9.90 Å². The molecule has 2 N–H and O–H groups in total. The predicted molar refractivity (Wildman–Crippen MR) is 66.2 cm³/mol. The molecule has 0 radical (unpaired) electrons. The summed E-state index contributed by atoms with van der Waals surface area (Å²) in [4.78, 5) is 22.4. The zero-order valence-electron chi connectivity index (χ0n) is 11.0. The van der Waals surface area contributed by atoms with E-state index in [1.165, 1.54) is 0 Å². The molecule has 0 aromatic carbocycles. The second kappa shape index (κ2) is 4.83. The van der Waals surface area contributed by atoms with Gasteiger partial charge in [0.05, 0.1) is 5.41 Å². The SMILES string of the molecule is CC(C)C(C)(Cc1nc(-c2ncc[nH]2)no1)C(=O)O. The summed E-state index contributed by atoms with van der Waals surface area (Å²) in [5.41, 5.74) is -0.938. The largest absolute Gasteiger partial charge is 0.481 e. The monoisotopic (exact) mass is 264 g/mol. The summed E-state index contributed by atoms with van der Waals surface area (Å²) in [6.45, 7) is 5.40. The van der Waals surface area contributed by atoms with Gasteiger partial charge in [0.25, 0.3) is 0 Å². The van der Waals surface area contributed by atoms with Crippen LogP contribution in [0.4, 0.5) is 0 Å². The van der Waals surface area contributed by atoms with Crippen LogP contribution in [0.2, 0.25) is 0 Å². The van der Waals surface area contributed by atoms with Gasteiger partial charge in [0.15, 0.2) is 5.82 Å². The maximum atomic E-state index is 11.4. The van der Waals surface area contributed by atoms with Crippen molar-refractivity contribution in [1.29, 1.82) is 0 Å². The van der Waals surface area contributed by atoms with Crippen molar-refractivity contribution in [1.82, 2.24) is 20.1 Å². The first-order valence-electron chi connectivity index (χ1n) is 5.99. The molecule has 19 heavy (non-hydrogen) atoms. The highest BCUT2D eigenvalue weighted by atomic mass is 16.5. The van der Waals surface area contributed by atoms with Crippen LogP contribution in [-0.2, 0) is 11.2 Å². The van der Waals surface area contributed by atoms with E-state index in [0.717, 1.165) is 0 Å². The van der Waals surface area contributed by atoms with Crippen molar-refractivity contribution in [2.75, 3.05) is 0 Å². The number of aliphatic carboxylic acids is 1. The van der Waals surface area contributed by atoms with Gasteiger partial charge in [-0.25, -0.2) is 4.98 Å². The molecule has 0 amide bonds. The number of H-pyrrole nitrogens is 1. The van der Waals surface area contributed by atoms with E-state index >= 15 is 0 Å². The fourth-order valence-electron chi connectivity index (χ4n) is 1.65. The third-order valence-corrected chi connectivity index (χ3v) is 3.46. The van der Waals surface area contributed by atoms with Crippen molar-refractivity contribution < 1.29 is 14.4 Å². The molecular formula is C12H16N4O3. The molecule has 7 heteroatoms. The van der Waals surface area contributed by atoms with E-state index in [0.29, 0.717) is 17.5 Å². The topological polar surface area (TPSA) is 105 Å². The normalized spacial score (nSPS) is 14.5. The minimum atomic E-state index is -0.938. The standard InChI is InChI=1S/C12H16N4O3/c1-7(2)12(3,11(17)18)6-8-15-10(16-19-8)9-13-4-5-14-9/h4-5,7H,6H2,1-3H3,(H,13,14)(H,17,18). The van der Waals surface area contributed by atoms with Gasteiger partial charge < -0.3 is 14.6 Å². The molecule has 0 fully saturated rings. The Morgan fingerprint density at radius 2 is 2.32 bits per heavy atom. The van der Waals surface area contributed by atoms with Crippen LogP contribution in [0, 0.1) is 11.3 Å². The molecule has 0 saturated carbocycles. The lowest BCUT2D eigenvalue weighted by Gasteiger charge is -2.27. The average molecular weight is 264 g/mol. The Morgan fingerprint density at radius 3 is 2.84 bits per heavy atom. The summed E-state index contributed by atoms with van der Waals surface area (Å²) in [7, 11) is 0. The van der Waals surface area contributed by atoms with Crippen LogP contribution < -0.4 is 0 Å². The summed E-state index contributed by atoms with van der Waals surface area (Å²) in [5.74, 6) is 0.197. The van der Waals surface area contributed by atoms with E-state index in [4.69, 9.17) is 4.52 Å². The van der Waals surface area contributed by atoms with Crippen LogP contribution in [0.15, 0.2) is 16.9 Å². The van der Waals surface area contributed by atoms with Crippen molar-refractivity contribution in [2.24, 2.45) is 11.3 Å². The molecule has 2 rings (SSSR count). The van der Waals surface area contributed by atoms with Gasteiger partial charge in [-0.2, -0.15) is 4.98 Å². The lowest BCUT2D eigenvalue weighted by molar-refractivity contribution is -0.150. The molecule has 2 aromatic heterocycles.